The van der Waals surface area contributed by atoms with E-state index in [0.717, 1.165) is 0 Å². The third kappa shape index (κ3) is 2.28. The highest BCUT2D eigenvalue weighted by Gasteiger charge is 2.50. The molecule has 1 aliphatic heterocycles. The molecule has 5 nitrogen and oxygen atoms in total. The molecule has 1 aromatic carbocycles. The fourth-order valence-corrected chi connectivity index (χ4v) is 3.12. The van der Waals surface area contributed by atoms with E-state index in [-0.39, 0.29) is 0 Å². The molecule has 0 radical (unpaired) electrons. The van der Waals surface area contributed by atoms with Gasteiger partial charge in [-0.2, -0.15) is 5.26 Å². The zero-order valence-electron chi connectivity index (χ0n) is 11.3. The number of rotatable bonds is 2. The highest BCUT2D eigenvalue weighted by Crippen LogP contribution is 2.40. The molecule has 0 aromatic heterocycles. The van der Waals surface area contributed by atoms with Crippen LogP contribution in [0.2, 0.25) is 0 Å². The summed E-state index contributed by atoms with van der Waals surface area (Å²) >= 11 is 3.33. The second kappa shape index (κ2) is 4.95. The lowest BCUT2D eigenvalue weighted by molar-refractivity contribution is -0.119. The molecule has 0 saturated carbocycles. The molecular formula is C13H14BrN3O2S. The van der Waals surface area contributed by atoms with E-state index < -0.39 is 27.2 Å². The van der Waals surface area contributed by atoms with Crippen molar-refractivity contribution in [1.29, 1.82) is 5.26 Å². The maximum absolute atomic E-state index is 12.3. The van der Waals surface area contributed by atoms with Gasteiger partial charge in [0.25, 0.3) is 5.91 Å². The highest BCUT2D eigenvalue weighted by molar-refractivity contribution is 9.10. The summed E-state index contributed by atoms with van der Waals surface area (Å²) in [6.07, 6.45) is 0. The van der Waals surface area contributed by atoms with Crippen LogP contribution in [0.3, 0.4) is 0 Å². The zero-order valence-corrected chi connectivity index (χ0v) is 13.7. The van der Waals surface area contributed by atoms with Crippen molar-refractivity contribution < 1.29 is 9.00 Å². The summed E-state index contributed by atoms with van der Waals surface area (Å²) in [5, 5.41) is 12.2. The highest BCUT2D eigenvalue weighted by atomic mass is 79.9. The van der Waals surface area contributed by atoms with Gasteiger partial charge in [0.1, 0.15) is 6.07 Å². The summed E-state index contributed by atoms with van der Waals surface area (Å²) in [6, 6.07) is 7.16. The molecule has 1 amide bonds. The lowest BCUT2D eigenvalue weighted by Gasteiger charge is -2.26. The number of carbonyl (C=O) groups is 1. The van der Waals surface area contributed by atoms with E-state index in [0.29, 0.717) is 15.7 Å². The number of fused-ring (bicyclic) bond motifs is 1. The van der Waals surface area contributed by atoms with E-state index in [9.17, 15) is 14.3 Å². The second-order valence-electron chi connectivity index (χ2n) is 5.46. The van der Waals surface area contributed by atoms with Crippen LogP contribution < -0.4 is 10.0 Å². The topological polar surface area (TPSA) is 82.0 Å². The van der Waals surface area contributed by atoms with Crippen molar-refractivity contribution in [3.05, 3.63) is 28.2 Å². The van der Waals surface area contributed by atoms with Crippen molar-refractivity contribution >= 4 is 38.5 Å². The van der Waals surface area contributed by atoms with Crippen LogP contribution in [0.15, 0.2) is 22.7 Å². The molecule has 20 heavy (non-hydrogen) atoms. The Morgan fingerprint density at radius 1 is 1.45 bits per heavy atom. The average molecular weight is 356 g/mol. The summed E-state index contributed by atoms with van der Waals surface area (Å²) in [7, 11) is -1.55. The number of nitrogens with one attached hydrogen (secondary N) is 2. The van der Waals surface area contributed by atoms with Crippen LogP contribution in [0.4, 0.5) is 5.69 Å². The Labute approximate surface area is 128 Å². The molecule has 0 bridgehead atoms. The van der Waals surface area contributed by atoms with Crippen LogP contribution in [-0.2, 0) is 21.3 Å². The van der Waals surface area contributed by atoms with Gasteiger partial charge in [-0.05, 0) is 42.8 Å². The number of nitrogens with zero attached hydrogens (tertiary/aromatic N) is 1. The van der Waals surface area contributed by atoms with Gasteiger partial charge >= 0.3 is 0 Å². The molecule has 106 valence electrons. The molecule has 0 aliphatic carbocycles. The predicted octanol–water partition coefficient (Wildman–Crippen LogP) is 2.17. The number of hydrogen-bond donors (Lipinski definition) is 2. The largest absolute Gasteiger partial charge is 0.322 e. The third-order valence-corrected chi connectivity index (χ3v) is 5.23. The van der Waals surface area contributed by atoms with Crippen molar-refractivity contribution in [2.24, 2.45) is 0 Å². The molecular weight excluding hydrogens is 342 g/mol. The number of anilines is 1. The quantitative estimate of drug-likeness (QED) is 0.852. The number of carbonyl (C=O) groups excluding carboxylic acids is 1. The summed E-state index contributed by atoms with van der Waals surface area (Å²) in [6.45, 7) is 5.32. The van der Waals surface area contributed by atoms with Crippen LogP contribution >= 0.6 is 15.9 Å². The van der Waals surface area contributed by atoms with E-state index >= 15 is 0 Å². The number of halogens is 1. The van der Waals surface area contributed by atoms with Gasteiger partial charge in [-0.1, -0.05) is 12.1 Å². The van der Waals surface area contributed by atoms with Crippen molar-refractivity contribution in [1.82, 2.24) is 4.72 Å². The van der Waals surface area contributed by atoms with Crippen molar-refractivity contribution in [3.63, 3.8) is 0 Å². The number of amides is 1. The number of hydrogen-bond acceptors (Lipinski definition) is 3. The first-order valence-electron chi connectivity index (χ1n) is 5.94. The van der Waals surface area contributed by atoms with Crippen molar-refractivity contribution in [2.75, 3.05) is 5.32 Å². The van der Waals surface area contributed by atoms with Crippen LogP contribution in [0.25, 0.3) is 0 Å². The van der Waals surface area contributed by atoms with Crippen LogP contribution in [0.5, 0.6) is 0 Å². The molecule has 7 heteroatoms. The molecule has 2 rings (SSSR count). The first kappa shape index (κ1) is 15.2. The molecule has 2 atom stereocenters. The van der Waals surface area contributed by atoms with Crippen LogP contribution in [0, 0.1) is 11.3 Å². The monoisotopic (exact) mass is 355 g/mol. The second-order valence-corrected chi connectivity index (χ2v) is 8.28. The van der Waals surface area contributed by atoms with E-state index in [1.165, 1.54) is 0 Å². The van der Waals surface area contributed by atoms with Gasteiger partial charge in [-0.3, -0.25) is 4.79 Å². The smallest absolute Gasteiger partial charge is 0.265 e. The molecule has 1 aromatic rings. The Hall–Kier alpha value is -1.23. The minimum Gasteiger partial charge on any atom is -0.322 e. The van der Waals surface area contributed by atoms with Gasteiger partial charge in [0.15, 0.2) is 0 Å². The first-order valence-corrected chi connectivity index (χ1v) is 7.88. The Morgan fingerprint density at radius 2 is 2.10 bits per heavy atom. The number of benzene rings is 1. The van der Waals surface area contributed by atoms with Gasteiger partial charge in [0.2, 0.25) is 5.54 Å². The normalized spacial score (nSPS) is 22.9. The van der Waals surface area contributed by atoms with E-state index in [1.807, 2.05) is 6.07 Å². The van der Waals surface area contributed by atoms with Gasteiger partial charge < -0.3 is 5.32 Å². The molecule has 1 unspecified atom stereocenters. The molecule has 0 saturated heterocycles. The Kier molecular flexibility index (Phi) is 3.75. The average Bonchev–Trinajstić information content (AvgIpc) is 2.64. The van der Waals surface area contributed by atoms with Gasteiger partial charge in [-0.25, -0.2) is 8.93 Å². The van der Waals surface area contributed by atoms with Crippen LogP contribution in [-0.4, -0.2) is 14.9 Å². The van der Waals surface area contributed by atoms with Gasteiger partial charge in [0, 0.05) is 10.0 Å². The molecule has 2 N–H and O–H groups in total. The number of nitriles is 1. The Morgan fingerprint density at radius 3 is 2.65 bits per heavy atom. The summed E-state index contributed by atoms with van der Waals surface area (Å²) in [5.41, 5.74) is -0.605. The standard InChI is InChI=1S/C13H14BrN3O2S/c1-12(2,3)20(19)17-13(7-15)8-5-4-6-9(14)10(8)16-11(13)18/h4-6,17H,1-3H3,(H,16,18)/t13-,20?/m1/s1. The fourth-order valence-electron chi connectivity index (χ4n) is 1.82. The molecule has 0 fully saturated rings. The fraction of sp³-hybridized carbons (Fsp3) is 0.385. The predicted molar refractivity (Wildman–Crippen MR) is 81.1 cm³/mol. The van der Waals surface area contributed by atoms with E-state index in [1.54, 1.807) is 39.0 Å². The van der Waals surface area contributed by atoms with Crippen molar-refractivity contribution in [2.45, 2.75) is 31.1 Å². The molecule has 1 aliphatic rings. The minimum atomic E-state index is -1.63. The van der Waals surface area contributed by atoms with E-state index in [4.69, 9.17) is 0 Å². The first-order chi connectivity index (χ1) is 9.22. The van der Waals surface area contributed by atoms with Crippen LogP contribution in [0.1, 0.15) is 26.3 Å². The summed E-state index contributed by atoms with van der Waals surface area (Å²) in [4.78, 5) is 12.2. The lowest BCUT2D eigenvalue weighted by atomic mass is 9.94. The SMILES string of the molecule is CC(C)(C)S(=O)N[C@@]1(C#N)C(=O)Nc2c(Br)cccc21. The summed E-state index contributed by atoms with van der Waals surface area (Å²) < 4.78 is 15.1. The van der Waals surface area contributed by atoms with Crippen molar-refractivity contribution in [3.8, 4) is 6.07 Å². The zero-order chi connectivity index (χ0) is 15.1. The molecule has 1 heterocycles. The third-order valence-electron chi connectivity index (χ3n) is 2.97. The minimum absolute atomic E-state index is 0.483. The summed E-state index contributed by atoms with van der Waals surface area (Å²) in [5.74, 6) is -0.514. The number of para-hydroxylation sites is 1. The maximum atomic E-state index is 12.3. The molecule has 0 spiro atoms. The van der Waals surface area contributed by atoms with Gasteiger partial charge in [0.05, 0.1) is 21.4 Å². The maximum Gasteiger partial charge on any atom is 0.265 e. The van der Waals surface area contributed by atoms with Gasteiger partial charge in [-0.15, -0.1) is 0 Å². The Balaban J connectivity index is 2.54. The van der Waals surface area contributed by atoms with E-state index in [2.05, 4.69) is 26.0 Å². The Bertz CT molecular complexity index is 648. The lowest BCUT2D eigenvalue weighted by Crippen LogP contribution is -2.51.